The number of hydrogen-bond donors (Lipinski definition) is 1. The molecule has 0 radical (unpaired) electrons. The van der Waals surface area contributed by atoms with E-state index in [0.29, 0.717) is 18.7 Å². The summed E-state index contributed by atoms with van der Waals surface area (Å²) in [4.78, 5) is 26.8. The average molecular weight is 489 g/mol. The zero-order valence-corrected chi connectivity index (χ0v) is 18.2. The quantitative estimate of drug-likeness (QED) is 0.576. The second kappa shape index (κ2) is 9.01. The molecule has 0 saturated carbocycles. The van der Waals surface area contributed by atoms with Crippen LogP contribution in [0.3, 0.4) is 0 Å². The lowest BCUT2D eigenvalue weighted by Crippen LogP contribution is -2.37. The van der Waals surface area contributed by atoms with Gasteiger partial charge in [0.25, 0.3) is 11.8 Å². The van der Waals surface area contributed by atoms with E-state index in [1.54, 1.807) is 12.1 Å². The van der Waals surface area contributed by atoms with Gasteiger partial charge < -0.3 is 10.2 Å². The van der Waals surface area contributed by atoms with Crippen LogP contribution in [0, 0.1) is 5.82 Å². The predicted molar refractivity (Wildman–Crippen MR) is 116 cm³/mol. The molecule has 30 heavy (non-hydrogen) atoms. The van der Waals surface area contributed by atoms with Crippen LogP contribution in [0.15, 0.2) is 53.0 Å². The van der Waals surface area contributed by atoms with E-state index in [4.69, 9.17) is 0 Å². The summed E-state index contributed by atoms with van der Waals surface area (Å²) in [6.07, 6.45) is 1.51. The number of piperidine rings is 1. The lowest BCUT2D eigenvalue weighted by atomic mass is 9.97. The molecule has 0 spiro atoms. The number of anilines is 1. The van der Waals surface area contributed by atoms with Gasteiger partial charge in [-0.3, -0.25) is 9.59 Å². The SMILES string of the molecule is O=C(Nc1ccccc1F)c1nnc(C2CCN(C(=O)c3ccc(Br)cc3)CC2)s1. The second-order valence-electron chi connectivity index (χ2n) is 6.95. The van der Waals surface area contributed by atoms with E-state index in [0.717, 1.165) is 22.3 Å². The fourth-order valence-corrected chi connectivity index (χ4v) is 4.51. The van der Waals surface area contributed by atoms with Gasteiger partial charge in [0.15, 0.2) is 0 Å². The zero-order valence-electron chi connectivity index (χ0n) is 15.8. The number of nitrogens with one attached hydrogen (secondary N) is 1. The predicted octanol–water partition coefficient (Wildman–Crippen LogP) is 4.71. The fraction of sp³-hybridized carbons (Fsp3) is 0.238. The molecule has 4 rings (SSSR count). The fourth-order valence-electron chi connectivity index (χ4n) is 3.33. The molecule has 0 bridgehead atoms. The van der Waals surface area contributed by atoms with Gasteiger partial charge in [-0.15, -0.1) is 10.2 Å². The third-order valence-electron chi connectivity index (χ3n) is 4.98. The van der Waals surface area contributed by atoms with Gasteiger partial charge in [-0.1, -0.05) is 39.4 Å². The first-order chi connectivity index (χ1) is 14.5. The number of aromatic nitrogens is 2. The number of rotatable bonds is 4. The Morgan fingerprint density at radius 2 is 1.77 bits per heavy atom. The molecular weight excluding hydrogens is 471 g/mol. The Bertz CT molecular complexity index is 1060. The van der Waals surface area contributed by atoms with E-state index >= 15 is 0 Å². The smallest absolute Gasteiger partial charge is 0.286 e. The summed E-state index contributed by atoms with van der Waals surface area (Å²) in [5, 5.41) is 11.6. The molecule has 0 atom stereocenters. The zero-order chi connectivity index (χ0) is 21.1. The Morgan fingerprint density at radius 1 is 1.07 bits per heavy atom. The number of likely N-dealkylation sites (tertiary alicyclic amines) is 1. The number of nitrogens with zero attached hydrogens (tertiary/aromatic N) is 3. The minimum absolute atomic E-state index is 0.0168. The molecule has 154 valence electrons. The van der Waals surface area contributed by atoms with E-state index in [9.17, 15) is 14.0 Å². The van der Waals surface area contributed by atoms with Crippen molar-refractivity contribution in [1.29, 1.82) is 0 Å². The summed E-state index contributed by atoms with van der Waals surface area (Å²) in [7, 11) is 0. The minimum Gasteiger partial charge on any atom is -0.339 e. The lowest BCUT2D eigenvalue weighted by Gasteiger charge is -2.31. The molecule has 1 aliphatic heterocycles. The third kappa shape index (κ3) is 4.57. The molecule has 2 heterocycles. The summed E-state index contributed by atoms with van der Waals surface area (Å²) >= 11 is 4.59. The Kier molecular flexibility index (Phi) is 6.19. The van der Waals surface area contributed by atoms with Crippen LogP contribution in [0.2, 0.25) is 0 Å². The van der Waals surface area contributed by atoms with Gasteiger partial charge in [0.05, 0.1) is 5.69 Å². The van der Waals surface area contributed by atoms with Crippen molar-refractivity contribution in [1.82, 2.24) is 15.1 Å². The average Bonchev–Trinajstić information content (AvgIpc) is 3.26. The Labute approximate surface area is 185 Å². The molecule has 1 aromatic heterocycles. The normalized spacial score (nSPS) is 14.5. The third-order valence-corrected chi connectivity index (χ3v) is 6.59. The van der Waals surface area contributed by atoms with Crippen molar-refractivity contribution in [3.63, 3.8) is 0 Å². The number of halogens is 2. The molecule has 2 aromatic carbocycles. The van der Waals surface area contributed by atoms with Crippen LogP contribution in [0.4, 0.5) is 10.1 Å². The molecule has 2 amide bonds. The molecule has 1 saturated heterocycles. The summed E-state index contributed by atoms with van der Waals surface area (Å²) in [6, 6.07) is 13.3. The van der Waals surface area contributed by atoms with E-state index in [2.05, 4.69) is 31.4 Å². The first kappa shape index (κ1) is 20.6. The van der Waals surface area contributed by atoms with Gasteiger partial charge in [0.2, 0.25) is 5.01 Å². The van der Waals surface area contributed by atoms with Crippen LogP contribution in [0.25, 0.3) is 0 Å². The van der Waals surface area contributed by atoms with E-state index < -0.39 is 11.7 Å². The van der Waals surface area contributed by atoms with Crippen molar-refractivity contribution in [2.45, 2.75) is 18.8 Å². The number of benzene rings is 2. The van der Waals surface area contributed by atoms with Crippen molar-refractivity contribution in [3.8, 4) is 0 Å². The van der Waals surface area contributed by atoms with Crippen LogP contribution in [-0.2, 0) is 0 Å². The highest BCUT2D eigenvalue weighted by molar-refractivity contribution is 9.10. The Morgan fingerprint density at radius 3 is 2.47 bits per heavy atom. The Balaban J connectivity index is 1.36. The van der Waals surface area contributed by atoms with Crippen molar-refractivity contribution >= 4 is 44.8 Å². The standard InChI is InChI=1S/C21H18BrFN4O2S/c22-15-7-5-14(6-8-15)21(29)27-11-9-13(10-12-27)19-25-26-20(30-19)18(28)24-17-4-2-1-3-16(17)23/h1-8,13H,9-12H2,(H,24,28). The van der Waals surface area contributed by atoms with Crippen LogP contribution >= 0.6 is 27.3 Å². The van der Waals surface area contributed by atoms with Gasteiger partial charge in [-0.2, -0.15) is 0 Å². The minimum atomic E-state index is -0.501. The number of para-hydroxylation sites is 1. The summed E-state index contributed by atoms with van der Waals surface area (Å²) in [6.45, 7) is 1.24. The van der Waals surface area contributed by atoms with Crippen LogP contribution in [0.1, 0.15) is 43.9 Å². The maximum atomic E-state index is 13.7. The topological polar surface area (TPSA) is 75.2 Å². The molecule has 1 fully saturated rings. The highest BCUT2D eigenvalue weighted by atomic mass is 79.9. The van der Waals surface area contributed by atoms with Gasteiger partial charge in [0, 0.05) is 29.0 Å². The highest BCUT2D eigenvalue weighted by Gasteiger charge is 2.27. The van der Waals surface area contributed by atoms with E-state index in [1.165, 1.54) is 23.5 Å². The molecule has 1 N–H and O–H groups in total. The highest BCUT2D eigenvalue weighted by Crippen LogP contribution is 2.31. The van der Waals surface area contributed by atoms with Crippen LogP contribution < -0.4 is 5.32 Å². The van der Waals surface area contributed by atoms with Crippen molar-refractivity contribution in [2.24, 2.45) is 0 Å². The Hall–Kier alpha value is -2.65. The van der Waals surface area contributed by atoms with E-state index in [1.807, 2.05) is 29.2 Å². The van der Waals surface area contributed by atoms with Crippen LogP contribution in [-0.4, -0.2) is 40.0 Å². The number of amides is 2. The van der Waals surface area contributed by atoms with Gasteiger partial charge in [-0.25, -0.2) is 4.39 Å². The lowest BCUT2D eigenvalue weighted by molar-refractivity contribution is 0.0712. The molecular formula is C21H18BrFN4O2S. The number of carbonyl (C=O) groups is 2. The maximum Gasteiger partial charge on any atom is 0.286 e. The molecule has 9 heteroatoms. The first-order valence-corrected chi connectivity index (χ1v) is 11.1. The maximum absolute atomic E-state index is 13.7. The first-order valence-electron chi connectivity index (χ1n) is 9.45. The molecule has 3 aromatic rings. The molecule has 1 aliphatic rings. The largest absolute Gasteiger partial charge is 0.339 e. The van der Waals surface area contributed by atoms with Gasteiger partial charge >= 0.3 is 0 Å². The summed E-state index contributed by atoms with van der Waals surface area (Å²) < 4.78 is 14.7. The van der Waals surface area contributed by atoms with Gasteiger partial charge in [-0.05, 0) is 49.2 Å². The second-order valence-corrected chi connectivity index (χ2v) is 8.88. The monoisotopic (exact) mass is 488 g/mol. The molecule has 6 nitrogen and oxygen atoms in total. The van der Waals surface area contributed by atoms with Crippen molar-refractivity contribution in [2.75, 3.05) is 18.4 Å². The van der Waals surface area contributed by atoms with Crippen molar-refractivity contribution in [3.05, 3.63) is 74.4 Å². The van der Waals surface area contributed by atoms with E-state index in [-0.39, 0.29) is 22.5 Å². The van der Waals surface area contributed by atoms with Crippen LogP contribution in [0.5, 0.6) is 0 Å². The number of hydrogen-bond acceptors (Lipinski definition) is 5. The summed E-state index contributed by atoms with van der Waals surface area (Å²) in [5.41, 5.74) is 0.777. The molecule has 0 aliphatic carbocycles. The molecule has 0 unspecified atom stereocenters. The summed E-state index contributed by atoms with van der Waals surface area (Å²) in [5.74, 6) is -0.820. The number of carbonyl (C=O) groups excluding carboxylic acids is 2. The van der Waals surface area contributed by atoms with Crippen molar-refractivity contribution < 1.29 is 14.0 Å². The van der Waals surface area contributed by atoms with Gasteiger partial charge in [0.1, 0.15) is 10.8 Å².